The lowest BCUT2D eigenvalue weighted by atomic mass is 9.64. The zero-order valence-corrected chi connectivity index (χ0v) is 12.8. The Morgan fingerprint density at radius 1 is 1.42 bits per heavy atom. The topological polar surface area (TPSA) is 69.0 Å². The van der Waals surface area contributed by atoms with Gasteiger partial charge in [0.15, 0.2) is 0 Å². The number of alkyl halides is 3. The highest BCUT2D eigenvalue weighted by Crippen LogP contribution is 2.56. The number of hydrogen-bond acceptors (Lipinski definition) is 4. The van der Waals surface area contributed by atoms with Crippen LogP contribution in [0.2, 0.25) is 0 Å². The van der Waals surface area contributed by atoms with Crippen LogP contribution in [0.4, 0.5) is 13.2 Å². The van der Waals surface area contributed by atoms with Gasteiger partial charge in [-0.05, 0) is 25.0 Å². The molecule has 9 heteroatoms. The molecule has 0 radical (unpaired) electrons. The predicted octanol–water partition coefficient (Wildman–Crippen LogP) is 2.65. The molecule has 1 aliphatic carbocycles. The van der Waals surface area contributed by atoms with Crippen molar-refractivity contribution in [3.05, 3.63) is 41.9 Å². The highest BCUT2D eigenvalue weighted by atomic mass is 19.4. The molecule has 1 amide bonds. The molecule has 0 aromatic carbocycles. The Balaban J connectivity index is 1.90. The molecule has 0 unspecified atom stereocenters. The normalized spacial score (nSPS) is 16.3. The van der Waals surface area contributed by atoms with Crippen LogP contribution in [0.5, 0.6) is 5.88 Å². The number of hydrogen-bond donors (Lipinski definition) is 1. The molecule has 1 N–H and O–H groups in total. The number of aromatic nitrogens is 3. The summed E-state index contributed by atoms with van der Waals surface area (Å²) < 4.78 is 45.5. The number of amides is 1. The molecule has 2 heterocycles. The molecule has 0 bridgehead atoms. The lowest BCUT2D eigenvalue weighted by Crippen LogP contribution is -2.48. The number of carbonyl (C=O) groups is 1. The van der Waals surface area contributed by atoms with Crippen LogP contribution >= 0.6 is 0 Å². The minimum atomic E-state index is -4.40. The van der Waals surface area contributed by atoms with E-state index in [0.29, 0.717) is 6.42 Å². The van der Waals surface area contributed by atoms with E-state index in [-0.39, 0.29) is 29.8 Å². The van der Waals surface area contributed by atoms with Crippen LogP contribution in [0, 0.1) is 0 Å². The molecule has 1 aliphatic rings. The number of carbonyl (C=O) groups excluding carboxylic acids is 1. The Kier molecular flexibility index (Phi) is 3.94. The van der Waals surface area contributed by atoms with E-state index in [9.17, 15) is 18.0 Å². The maximum Gasteiger partial charge on any atom is 0.398 e. The van der Waals surface area contributed by atoms with Crippen LogP contribution < -0.4 is 10.2 Å². The second-order valence-electron chi connectivity index (χ2n) is 5.61. The fraction of sp³-hybridized carbons (Fsp3) is 0.400. The third-order valence-corrected chi connectivity index (χ3v) is 4.28. The number of nitrogens with one attached hydrogen (secondary N) is 1. The molecule has 1 fully saturated rings. The molecule has 24 heavy (non-hydrogen) atoms. The summed E-state index contributed by atoms with van der Waals surface area (Å²) >= 11 is 0. The molecule has 0 aliphatic heterocycles. The summed E-state index contributed by atoms with van der Waals surface area (Å²) in [6.45, 7) is 0. The van der Waals surface area contributed by atoms with Crippen LogP contribution in [0.3, 0.4) is 0 Å². The maximum atomic E-state index is 13.5. The first-order chi connectivity index (χ1) is 11.4. The lowest BCUT2D eigenvalue weighted by molar-refractivity contribution is -0.213. The van der Waals surface area contributed by atoms with Crippen LogP contribution in [0.1, 0.15) is 35.2 Å². The number of ether oxygens (including phenoxy) is 1. The van der Waals surface area contributed by atoms with E-state index in [4.69, 9.17) is 4.74 Å². The van der Waals surface area contributed by atoms with E-state index >= 15 is 0 Å². The molecule has 128 valence electrons. The summed E-state index contributed by atoms with van der Waals surface area (Å²) in [5.74, 6) is -0.673. The van der Waals surface area contributed by atoms with Gasteiger partial charge in [-0.2, -0.15) is 18.0 Å². The summed E-state index contributed by atoms with van der Waals surface area (Å²) in [5.41, 5.74) is 0.648. The number of nitrogens with zero attached hydrogens (tertiary/aromatic N) is 3. The summed E-state index contributed by atoms with van der Waals surface area (Å²) in [6, 6.07) is 3.12. The number of rotatable bonds is 4. The first-order valence-electron chi connectivity index (χ1n) is 7.30. The van der Waals surface area contributed by atoms with Gasteiger partial charge in [-0.1, -0.05) is 6.42 Å². The van der Waals surface area contributed by atoms with Gasteiger partial charge >= 0.3 is 6.18 Å². The SMILES string of the molecule is COc1nn(NC(=O)c2cccnc2)cc1C1(C(F)(F)F)CCC1. The molecule has 3 rings (SSSR count). The predicted molar refractivity (Wildman–Crippen MR) is 78.3 cm³/mol. The summed E-state index contributed by atoms with van der Waals surface area (Å²) in [5, 5.41) is 3.90. The largest absolute Gasteiger partial charge is 0.480 e. The Bertz CT molecular complexity index is 739. The first kappa shape index (κ1) is 16.3. The van der Waals surface area contributed by atoms with Crippen LogP contribution in [-0.4, -0.2) is 34.1 Å². The zero-order chi connectivity index (χ0) is 17.4. The van der Waals surface area contributed by atoms with Crippen molar-refractivity contribution in [2.24, 2.45) is 0 Å². The van der Waals surface area contributed by atoms with Gasteiger partial charge in [0.2, 0.25) is 5.88 Å². The Morgan fingerprint density at radius 2 is 2.17 bits per heavy atom. The third-order valence-electron chi connectivity index (χ3n) is 4.28. The van der Waals surface area contributed by atoms with Crippen LogP contribution in [0.25, 0.3) is 0 Å². The summed E-state index contributed by atoms with van der Waals surface area (Å²) in [4.78, 5) is 16.8. The Morgan fingerprint density at radius 3 is 2.67 bits per heavy atom. The van der Waals surface area contributed by atoms with E-state index in [2.05, 4.69) is 15.5 Å². The van der Waals surface area contributed by atoms with Crippen molar-refractivity contribution < 1.29 is 22.7 Å². The highest BCUT2D eigenvalue weighted by molar-refractivity contribution is 5.99. The van der Waals surface area contributed by atoms with Gasteiger partial charge in [-0.25, -0.2) is 5.43 Å². The van der Waals surface area contributed by atoms with Gasteiger partial charge in [-0.3, -0.25) is 9.78 Å². The Hall–Kier alpha value is -2.58. The molecule has 1 saturated carbocycles. The third kappa shape index (κ3) is 2.59. The van der Waals surface area contributed by atoms with E-state index in [1.54, 1.807) is 6.07 Å². The first-order valence-corrected chi connectivity index (χ1v) is 7.30. The van der Waals surface area contributed by atoms with Gasteiger partial charge in [0.1, 0.15) is 0 Å². The van der Waals surface area contributed by atoms with Gasteiger partial charge in [0, 0.05) is 12.4 Å². The smallest absolute Gasteiger partial charge is 0.398 e. The number of methoxy groups -OCH3 is 1. The van der Waals surface area contributed by atoms with Crippen molar-refractivity contribution in [1.82, 2.24) is 14.9 Å². The van der Waals surface area contributed by atoms with Crippen LogP contribution in [0.15, 0.2) is 30.7 Å². The van der Waals surface area contributed by atoms with Crippen molar-refractivity contribution >= 4 is 5.91 Å². The van der Waals surface area contributed by atoms with E-state index in [1.165, 1.54) is 31.8 Å². The second kappa shape index (κ2) is 5.81. The molecule has 0 spiro atoms. The van der Waals surface area contributed by atoms with Crippen molar-refractivity contribution in [2.75, 3.05) is 12.5 Å². The van der Waals surface area contributed by atoms with Crippen molar-refractivity contribution in [2.45, 2.75) is 30.9 Å². The van der Waals surface area contributed by atoms with E-state index < -0.39 is 17.5 Å². The highest BCUT2D eigenvalue weighted by Gasteiger charge is 2.61. The second-order valence-corrected chi connectivity index (χ2v) is 5.61. The average molecular weight is 340 g/mol. The molecular weight excluding hydrogens is 325 g/mol. The standard InChI is InChI=1S/C15H15F3N4O2/c1-24-13-11(14(5-3-6-14)15(16,17)18)9-22(21-13)20-12(23)10-4-2-7-19-8-10/h2,4,7-9H,3,5-6H2,1H3,(H,20,23). The lowest BCUT2D eigenvalue weighted by Gasteiger charge is -2.42. The Labute approximate surface area is 135 Å². The molecule has 2 aromatic heterocycles. The van der Waals surface area contributed by atoms with Crippen molar-refractivity contribution in [1.29, 1.82) is 0 Å². The minimum Gasteiger partial charge on any atom is -0.480 e. The monoisotopic (exact) mass is 340 g/mol. The van der Waals surface area contributed by atoms with Crippen molar-refractivity contribution in [3.63, 3.8) is 0 Å². The van der Waals surface area contributed by atoms with Crippen molar-refractivity contribution in [3.8, 4) is 5.88 Å². The molecule has 6 nitrogen and oxygen atoms in total. The van der Waals surface area contributed by atoms with Gasteiger partial charge in [0.25, 0.3) is 5.91 Å². The zero-order valence-electron chi connectivity index (χ0n) is 12.8. The fourth-order valence-electron chi connectivity index (χ4n) is 2.80. The molecular formula is C15H15F3N4O2. The summed E-state index contributed by atoms with van der Waals surface area (Å²) in [6.07, 6.45) is 0.0647. The van der Waals surface area contributed by atoms with Gasteiger partial charge in [-0.15, -0.1) is 5.10 Å². The molecule has 2 aromatic rings. The fourth-order valence-corrected chi connectivity index (χ4v) is 2.80. The quantitative estimate of drug-likeness (QED) is 0.929. The van der Waals surface area contributed by atoms with Crippen LogP contribution in [-0.2, 0) is 5.41 Å². The average Bonchev–Trinajstić information content (AvgIpc) is 2.88. The number of pyridine rings is 1. The van der Waals surface area contributed by atoms with Gasteiger partial charge < -0.3 is 4.74 Å². The van der Waals surface area contributed by atoms with E-state index in [1.807, 2.05) is 0 Å². The molecule has 0 atom stereocenters. The minimum absolute atomic E-state index is 0.0187. The van der Waals surface area contributed by atoms with E-state index in [0.717, 1.165) is 4.79 Å². The summed E-state index contributed by atoms with van der Waals surface area (Å²) in [7, 11) is 1.25. The maximum absolute atomic E-state index is 13.5. The molecule has 0 saturated heterocycles. The number of halogens is 3. The van der Waals surface area contributed by atoms with Gasteiger partial charge in [0.05, 0.1) is 29.8 Å².